The molecule has 0 aromatic rings. The number of rotatable bonds is 9. The number of likely N-dealkylation sites (tertiary alicyclic amines) is 1. The summed E-state index contributed by atoms with van der Waals surface area (Å²) in [4.78, 5) is 18.0. The standard InChI is InChI=1S/C16H32N4O/c1-2-3-4-5-6-8-11-18-16(17)19-14-15(21)20-12-9-7-10-13-20/h2-14H2,1H3,(H3,17,18,19). The van der Waals surface area contributed by atoms with Crippen LogP contribution in [0.5, 0.6) is 0 Å². The number of piperidine rings is 1. The van der Waals surface area contributed by atoms with Crippen molar-refractivity contribution >= 4 is 11.9 Å². The summed E-state index contributed by atoms with van der Waals surface area (Å²) in [6.45, 7) is 5.00. The van der Waals surface area contributed by atoms with E-state index in [1.165, 1.54) is 38.5 Å². The smallest absolute Gasteiger partial charge is 0.244 e. The van der Waals surface area contributed by atoms with Crippen molar-refractivity contribution in [2.24, 2.45) is 10.7 Å². The third-order valence-electron chi connectivity index (χ3n) is 3.93. The molecule has 0 saturated carbocycles. The molecule has 1 aliphatic heterocycles. The predicted octanol–water partition coefficient (Wildman–Crippen LogP) is 2.26. The van der Waals surface area contributed by atoms with Crippen LogP contribution in [0.25, 0.3) is 0 Å². The average molecular weight is 296 g/mol. The van der Waals surface area contributed by atoms with Gasteiger partial charge in [0, 0.05) is 19.6 Å². The number of guanidine groups is 1. The van der Waals surface area contributed by atoms with Crippen LogP contribution in [0.3, 0.4) is 0 Å². The second kappa shape index (κ2) is 11.4. The van der Waals surface area contributed by atoms with Crippen molar-refractivity contribution in [2.45, 2.75) is 64.7 Å². The molecule has 0 bridgehead atoms. The second-order valence-corrected chi connectivity index (χ2v) is 5.84. The first kappa shape index (κ1) is 17.8. The first-order valence-corrected chi connectivity index (χ1v) is 8.55. The molecule has 1 amide bonds. The molecule has 5 heteroatoms. The second-order valence-electron chi connectivity index (χ2n) is 5.84. The molecule has 0 aromatic heterocycles. The van der Waals surface area contributed by atoms with Crippen LogP contribution in [0.4, 0.5) is 0 Å². The van der Waals surface area contributed by atoms with Gasteiger partial charge >= 0.3 is 0 Å². The van der Waals surface area contributed by atoms with Gasteiger partial charge in [0.15, 0.2) is 5.96 Å². The number of nitrogens with zero attached hydrogens (tertiary/aromatic N) is 2. The lowest BCUT2D eigenvalue weighted by atomic mass is 10.1. The van der Waals surface area contributed by atoms with Crippen molar-refractivity contribution in [2.75, 3.05) is 26.2 Å². The molecular formula is C16H32N4O. The molecule has 0 unspecified atom stereocenters. The van der Waals surface area contributed by atoms with Crippen LogP contribution in [0, 0.1) is 0 Å². The molecule has 21 heavy (non-hydrogen) atoms. The molecule has 0 aromatic carbocycles. The fourth-order valence-corrected chi connectivity index (χ4v) is 2.57. The Morgan fingerprint density at radius 3 is 2.48 bits per heavy atom. The molecule has 0 radical (unpaired) electrons. The van der Waals surface area contributed by atoms with E-state index in [1.54, 1.807) is 0 Å². The van der Waals surface area contributed by atoms with Crippen LogP contribution in [-0.2, 0) is 4.79 Å². The van der Waals surface area contributed by atoms with E-state index in [4.69, 9.17) is 5.73 Å². The molecule has 0 aliphatic carbocycles. The fourth-order valence-electron chi connectivity index (χ4n) is 2.57. The monoisotopic (exact) mass is 296 g/mol. The fraction of sp³-hybridized carbons (Fsp3) is 0.875. The number of nitrogens with one attached hydrogen (secondary N) is 1. The minimum atomic E-state index is 0.0963. The molecule has 3 N–H and O–H groups in total. The summed E-state index contributed by atoms with van der Waals surface area (Å²) in [7, 11) is 0. The highest BCUT2D eigenvalue weighted by Gasteiger charge is 2.15. The van der Waals surface area contributed by atoms with E-state index in [1.807, 2.05) is 4.90 Å². The van der Waals surface area contributed by atoms with Crippen LogP contribution >= 0.6 is 0 Å². The summed E-state index contributed by atoms with van der Waals surface area (Å²) in [6.07, 6.45) is 11.0. The van der Waals surface area contributed by atoms with Crippen LogP contribution in [0.2, 0.25) is 0 Å². The number of hydrogen-bond acceptors (Lipinski definition) is 2. The van der Waals surface area contributed by atoms with Crippen molar-refractivity contribution in [1.82, 2.24) is 10.2 Å². The van der Waals surface area contributed by atoms with Gasteiger partial charge in [-0.15, -0.1) is 0 Å². The van der Waals surface area contributed by atoms with Gasteiger partial charge in [-0.2, -0.15) is 0 Å². The molecule has 1 saturated heterocycles. The van der Waals surface area contributed by atoms with E-state index >= 15 is 0 Å². The Labute approximate surface area is 129 Å². The normalized spacial score (nSPS) is 16.0. The lowest BCUT2D eigenvalue weighted by Gasteiger charge is -2.26. The highest BCUT2D eigenvalue weighted by Crippen LogP contribution is 2.08. The van der Waals surface area contributed by atoms with Crippen molar-refractivity contribution in [1.29, 1.82) is 0 Å². The third kappa shape index (κ3) is 8.58. The third-order valence-corrected chi connectivity index (χ3v) is 3.93. The minimum Gasteiger partial charge on any atom is -0.370 e. The maximum atomic E-state index is 11.9. The zero-order valence-corrected chi connectivity index (χ0v) is 13.6. The molecule has 1 heterocycles. The van der Waals surface area contributed by atoms with Gasteiger partial charge in [-0.1, -0.05) is 39.0 Å². The molecule has 1 aliphatic rings. The molecule has 0 atom stereocenters. The topological polar surface area (TPSA) is 70.7 Å². The van der Waals surface area contributed by atoms with Gasteiger partial charge in [0.1, 0.15) is 6.54 Å². The zero-order chi connectivity index (χ0) is 15.3. The van der Waals surface area contributed by atoms with E-state index in [0.29, 0.717) is 5.96 Å². The number of carbonyl (C=O) groups excluding carboxylic acids is 1. The van der Waals surface area contributed by atoms with Gasteiger partial charge in [0.25, 0.3) is 0 Å². The SMILES string of the molecule is CCCCCCCCNC(N)=NCC(=O)N1CCCCC1. The van der Waals surface area contributed by atoms with Crippen LogP contribution < -0.4 is 11.1 Å². The summed E-state index contributed by atoms with van der Waals surface area (Å²) in [5, 5.41) is 3.09. The number of nitrogens with two attached hydrogens (primary N) is 1. The minimum absolute atomic E-state index is 0.0963. The van der Waals surface area contributed by atoms with Gasteiger partial charge in [0.05, 0.1) is 0 Å². The molecule has 1 rings (SSSR count). The van der Waals surface area contributed by atoms with Gasteiger partial charge in [-0.05, 0) is 25.7 Å². The molecule has 1 fully saturated rings. The van der Waals surface area contributed by atoms with Gasteiger partial charge in [-0.3, -0.25) is 4.79 Å². The lowest BCUT2D eigenvalue weighted by Crippen LogP contribution is -2.38. The van der Waals surface area contributed by atoms with Crippen LogP contribution in [0.15, 0.2) is 4.99 Å². The lowest BCUT2D eigenvalue weighted by molar-refractivity contribution is -0.130. The molecule has 0 spiro atoms. The summed E-state index contributed by atoms with van der Waals surface area (Å²) >= 11 is 0. The van der Waals surface area contributed by atoms with E-state index < -0.39 is 0 Å². The first-order valence-electron chi connectivity index (χ1n) is 8.55. The van der Waals surface area contributed by atoms with E-state index in [0.717, 1.165) is 38.9 Å². The first-order chi connectivity index (χ1) is 10.2. The Kier molecular flexibility index (Phi) is 9.66. The number of unbranched alkanes of at least 4 members (excludes halogenated alkanes) is 5. The van der Waals surface area contributed by atoms with Crippen LogP contribution in [0.1, 0.15) is 64.7 Å². The summed E-state index contributed by atoms with van der Waals surface area (Å²) in [5.41, 5.74) is 5.78. The highest BCUT2D eigenvalue weighted by atomic mass is 16.2. The summed E-state index contributed by atoms with van der Waals surface area (Å²) in [5.74, 6) is 0.493. The maximum Gasteiger partial charge on any atom is 0.244 e. The predicted molar refractivity (Wildman–Crippen MR) is 88.3 cm³/mol. The van der Waals surface area contributed by atoms with Gasteiger partial charge < -0.3 is 16.0 Å². The number of carbonyl (C=O) groups is 1. The van der Waals surface area contributed by atoms with Crippen molar-refractivity contribution in [3.63, 3.8) is 0 Å². The maximum absolute atomic E-state index is 11.9. The van der Waals surface area contributed by atoms with E-state index in [2.05, 4.69) is 17.2 Å². The highest BCUT2D eigenvalue weighted by molar-refractivity contribution is 5.84. The molecule has 5 nitrogen and oxygen atoms in total. The van der Waals surface area contributed by atoms with Crippen molar-refractivity contribution in [3.8, 4) is 0 Å². The Morgan fingerprint density at radius 1 is 1.10 bits per heavy atom. The Balaban J connectivity index is 2.05. The zero-order valence-electron chi connectivity index (χ0n) is 13.6. The Bertz CT molecular complexity index is 311. The van der Waals surface area contributed by atoms with E-state index in [-0.39, 0.29) is 12.5 Å². The molecular weight excluding hydrogens is 264 g/mol. The summed E-state index contributed by atoms with van der Waals surface area (Å²) in [6, 6.07) is 0. The Morgan fingerprint density at radius 2 is 1.76 bits per heavy atom. The van der Waals surface area contributed by atoms with Crippen molar-refractivity contribution in [3.05, 3.63) is 0 Å². The van der Waals surface area contributed by atoms with Crippen LogP contribution in [-0.4, -0.2) is 42.9 Å². The molecule has 122 valence electrons. The number of amides is 1. The Hall–Kier alpha value is -1.26. The quantitative estimate of drug-likeness (QED) is 0.389. The number of hydrogen-bond donors (Lipinski definition) is 2. The largest absolute Gasteiger partial charge is 0.370 e. The average Bonchev–Trinajstić information content (AvgIpc) is 2.52. The van der Waals surface area contributed by atoms with E-state index in [9.17, 15) is 4.79 Å². The summed E-state index contributed by atoms with van der Waals surface area (Å²) < 4.78 is 0. The van der Waals surface area contributed by atoms with Crippen molar-refractivity contribution < 1.29 is 4.79 Å². The van der Waals surface area contributed by atoms with Gasteiger partial charge in [0.2, 0.25) is 5.91 Å². The number of aliphatic imine (C=N–C) groups is 1. The van der Waals surface area contributed by atoms with Gasteiger partial charge in [-0.25, -0.2) is 4.99 Å².